The van der Waals surface area contributed by atoms with Crippen molar-refractivity contribution in [2.75, 3.05) is 12.4 Å². The number of furan rings is 1. The van der Waals surface area contributed by atoms with Gasteiger partial charge in [-0.3, -0.25) is 4.79 Å². The van der Waals surface area contributed by atoms with Gasteiger partial charge in [-0.15, -0.1) is 0 Å². The lowest BCUT2D eigenvalue weighted by atomic mass is 9.96. The molecule has 4 rings (SSSR count). The molecular formula is C26H22FNO3. The molecule has 0 spiro atoms. The van der Waals surface area contributed by atoms with Gasteiger partial charge in [-0.2, -0.15) is 0 Å². The number of benzene rings is 3. The molecule has 0 saturated carbocycles. The van der Waals surface area contributed by atoms with Crippen LogP contribution in [0.1, 0.15) is 18.1 Å². The van der Waals surface area contributed by atoms with Gasteiger partial charge in [0.05, 0.1) is 13.4 Å². The Morgan fingerprint density at radius 2 is 1.81 bits per heavy atom. The van der Waals surface area contributed by atoms with Crippen LogP contribution in [0.15, 0.2) is 77.4 Å². The summed E-state index contributed by atoms with van der Waals surface area (Å²) in [4.78, 5) is 12.5. The highest BCUT2D eigenvalue weighted by atomic mass is 19.1. The van der Waals surface area contributed by atoms with E-state index in [9.17, 15) is 9.18 Å². The first-order chi connectivity index (χ1) is 15.0. The quantitative estimate of drug-likeness (QED) is 0.374. The number of hydrogen-bond acceptors (Lipinski definition) is 3. The molecule has 1 N–H and O–H groups in total. The molecule has 156 valence electrons. The van der Waals surface area contributed by atoms with E-state index in [4.69, 9.17) is 9.15 Å². The minimum absolute atomic E-state index is 0.227. The molecule has 0 radical (unpaired) electrons. The van der Waals surface area contributed by atoms with E-state index in [0.29, 0.717) is 11.3 Å². The molecular weight excluding hydrogens is 393 g/mol. The zero-order valence-electron chi connectivity index (χ0n) is 17.5. The normalized spacial score (nSPS) is 11.5. The molecule has 0 atom stereocenters. The number of carbonyl (C=O) groups excluding carboxylic acids is 1. The third kappa shape index (κ3) is 4.08. The number of nitrogens with one attached hydrogen (secondary N) is 1. The zero-order valence-corrected chi connectivity index (χ0v) is 17.5. The number of ether oxygens (including phenoxy) is 1. The fourth-order valence-corrected chi connectivity index (χ4v) is 3.70. The Morgan fingerprint density at radius 1 is 1.10 bits per heavy atom. The molecule has 31 heavy (non-hydrogen) atoms. The Bertz CT molecular complexity index is 1270. The summed E-state index contributed by atoms with van der Waals surface area (Å²) in [5.41, 5.74) is 5.49. The highest BCUT2D eigenvalue weighted by Crippen LogP contribution is 2.40. The Hall–Kier alpha value is -3.86. The standard InChI is InChI=1S/C26H22FNO3/c1-16(13-24(29)28-20-7-5-4-6-8-20)21-14-22-23(18-9-11-19(27)12-10-18)15-31-26(22)17(2)25(21)30-3/h4-15H,1-3H3,(H,28,29)/b16-13+. The predicted octanol–water partition coefficient (Wildman–Crippen LogP) is 6.60. The van der Waals surface area contributed by atoms with Gasteiger partial charge in [0.15, 0.2) is 0 Å². The number of amides is 1. The average Bonchev–Trinajstić information content (AvgIpc) is 3.19. The lowest BCUT2D eigenvalue weighted by Gasteiger charge is -2.13. The second-order valence-corrected chi connectivity index (χ2v) is 7.30. The molecule has 0 aliphatic rings. The number of rotatable bonds is 5. The van der Waals surface area contributed by atoms with E-state index in [1.807, 2.05) is 50.2 Å². The SMILES string of the molecule is COc1c(/C(C)=C/C(=O)Nc2ccccc2)cc2c(-c3ccc(F)cc3)coc2c1C. The lowest BCUT2D eigenvalue weighted by Crippen LogP contribution is -2.08. The van der Waals surface area contributed by atoms with Crippen LogP contribution in [0.3, 0.4) is 0 Å². The van der Waals surface area contributed by atoms with Gasteiger partial charge in [0.25, 0.3) is 0 Å². The van der Waals surface area contributed by atoms with Crippen LogP contribution in [0.5, 0.6) is 5.75 Å². The maximum Gasteiger partial charge on any atom is 0.248 e. The van der Waals surface area contributed by atoms with E-state index < -0.39 is 0 Å². The lowest BCUT2D eigenvalue weighted by molar-refractivity contribution is -0.111. The monoisotopic (exact) mass is 415 g/mol. The van der Waals surface area contributed by atoms with Crippen LogP contribution >= 0.6 is 0 Å². The third-order valence-electron chi connectivity index (χ3n) is 5.22. The number of methoxy groups -OCH3 is 1. The van der Waals surface area contributed by atoms with Crippen LogP contribution in [0.25, 0.3) is 27.7 Å². The van der Waals surface area contributed by atoms with Gasteiger partial charge in [-0.1, -0.05) is 30.3 Å². The molecule has 3 aromatic carbocycles. The first-order valence-electron chi connectivity index (χ1n) is 9.87. The van der Waals surface area contributed by atoms with E-state index >= 15 is 0 Å². The molecule has 0 saturated heterocycles. The van der Waals surface area contributed by atoms with Crippen molar-refractivity contribution < 1.29 is 18.3 Å². The number of para-hydroxylation sites is 1. The van der Waals surface area contributed by atoms with Crippen molar-refractivity contribution >= 4 is 28.1 Å². The molecule has 0 fully saturated rings. The fourth-order valence-electron chi connectivity index (χ4n) is 3.70. The maximum absolute atomic E-state index is 13.4. The highest BCUT2D eigenvalue weighted by Gasteiger charge is 2.19. The number of halogens is 1. The summed E-state index contributed by atoms with van der Waals surface area (Å²) in [5.74, 6) is 0.126. The van der Waals surface area contributed by atoms with Gasteiger partial charge in [-0.25, -0.2) is 4.39 Å². The first kappa shape index (κ1) is 20.4. The molecule has 4 nitrogen and oxygen atoms in total. The second-order valence-electron chi connectivity index (χ2n) is 7.30. The number of anilines is 1. The summed E-state index contributed by atoms with van der Waals surface area (Å²) in [6.07, 6.45) is 3.21. The van der Waals surface area contributed by atoms with E-state index in [0.717, 1.165) is 38.9 Å². The van der Waals surface area contributed by atoms with Crippen molar-refractivity contribution in [2.45, 2.75) is 13.8 Å². The van der Waals surface area contributed by atoms with Crippen molar-refractivity contribution in [2.24, 2.45) is 0 Å². The van der Waals surface area contributed by atoms with Crippen LogP contribution in [0.4, 0.5) is 10.1 Å². The molecule has 0 bridgehead atoms. The molecule has 0 unspecified atom stereocenters. The van der Waals surface area contributed by atoms with Gasteiger partial charge in [-0.05, 0) is 55.3 Å². The number of allylic oxidation sites excluding steroid dienone is 1. The summed E-state index contributed by atoms with van der Waals surface area (Å²) >= 11 is 0. The molecule has 0 aliphatic heterocycles. The van der Waals surface area contributed by atoms with E-state index in [1.54, 1.807) is 31.6 Å². The molecule has 4 aromatic rings. The van der Waals surface area contributed by atoms with Crippen molar-refractivity contribution in [3.63, 3.8) is 0 Å². The van der Waals surface area contributed by atoms with Crippen molar-refractivity contribution in [3.05, 3.63) is 89.9 Å². The van der Waals surface area contributed by atoms with Crippen LogP contribution in [0, 0.1) is 12.7 Å². The topological polar surface area (TPSA) is 51.5 Å². The minimum atomic E-state index is -0.293. The van der Waals surface area contributed by atoms with Crippen LogP contribution in [-0.2, 0) is 4.79 Å². The summed E-state index contributed by atoms with van der Waals surface area (Å²) in [6.45, 7) is 3.78. The van der Waals surface area contributed by atoms with Crippen molar-refractivity contribution in [3.8, 4) is 16.9 Å². The number of carbonyl (C=O) groups is 1. The second kappa shape index (κ2) is 8.48. The molecule has 5 heteroatoms. The average molecular weight is 415 g/mol. The van der Waals surface area contributed by atoms with E-state index in [1.165, 1.54) is 12.1 Å². The van der Waals surface area contributed by atoms with Gasteiger partial charge < -0.3 is 14.5 Å². The third-order valence-corrected chi connectivity index (χ3v) is 5.22. The van der Waals surface area contributed by atoms with Crippen LogP contribution in [0.2, 0.25) is 0 Å². The first-order valence-corrected chi connectivity index (χ1v) is 9.87. The Balaban J connectivity index is 1.78. The summed E-state index contributed by atoms with van der Waals surface area (Å²) in [5, 5.41) is 3.73. The summed E-state index contributed by atoms with van der Waals surface area (Å²) in [7, 11) is 1.60. The minimum Gasteiger partial charge on any atom is -0.496 e. The fraction of sp³-hybridized carbons (Fsp3) is 0.115. The van der Waals surface area contributed by atoms with E-state index in [-0.39, 0.29) is 11.7 Å². The van der Waals surface area contributed by atoms with Crippen molar-refractivity contribution in [1.29, 1.82) is 0 Å². The largest absolute Gasteiger partial charge is 0.496 e. The Kier molecular flexibility index (Phi) is 5.58. The van der Waals surface area contributed by atoms with Gasteiger partial charge >= 0.3 is 0 Å². The maximum atomic E-state index is 13.4. The molecule has 0 aliphatic carbocycles. The number of fused-ring (bicyclic) bond motifs is 1. The highest BCUT2D eigenvalue weighted by molar-refractivity contribution is 6.05. The van der Waals surface area contributed by atoms with Gasteiger partial charge in [0.1, 0.15) is 17.1 Å². The zero-order chi connectivity index (χ0) is 22.0. The van der Waals surface area contributed by atoms with Gasteiger partial charge in [0, 0.05) is 33.8 Å². The van der Waals surface area contributed by atoms with Crippen LogP contribution in [-0.4, -0.2) is 13.0 Å². The summed E-state index contributed by atoms with van der Waals surface area (Å²) < 4.78 is 24.9. The number of aryl methyl sites for hydroxylation is 1. The summed E-state index contributed by atoms with van der Waals surface area (Å²) in [6, 6.07) is 17.5. The van der Waals surface area contributed by atoms with Crippen molar-refractivity contribution in [1.82, 2.24) is 0 Å². The Labute approximate surface area is 180 Å². The van der Waals surface area contributed by atoms with Gasteiger partial charge in [0.2, 0.25) is 5.91 Å². The smallest absolute Gasteiger partial charge is 0.248 e. The Morgan fingerprint density at radius 3 is 2.48 bits per heavy atom. The molecule has 1 heterocycles. The van der Waals surface area contributed by atoms with E-state index in [2.05, 4.69) is 5.32 Å². The number of hydrogen-bond donors (Lipinski definition) is 1. The van der Waals surface area contributed by atoms with Crippen LogP contribution < -0.4 is 10.1 Å². The molecule has 1 amide bonds. The predicted molar refractivity (Wildman–Crippen MR) is 122 cm³/mol. The molecule has 1 aromatic heterocycles.